The first kappa shape index (κ1) is 13.8. The first-order valence-corrected chi connectivity index (χ1v) is 6.45. The van der Waals surface area contributed by atoms with E-state index >= 15 is 0 Å². The standard InChI is InChI=1S/C13H16ClN3O2/c1-7-5-10-12(15-6-7)17(9(3)13(18)19-4)11(16-10)8(2)14/h5-6,8-9H,1-4H3. The van der Waals surface area contributed by atoms with Gasteiger partial charge in [-0.1, -0.05) is 0 Å². The second-order valence-electron chi connectivity index (χ2n) is 4.51. The van der Waals surface area contributed by atoms with Gasteiger partial charge in [0.2, 0.25) is 0 Å². The van der Waals surface area contributed by atoms with Crippen molar-refractivity contribution in [2.75, 3.05) is 7.11 Å². The zero-order valence-corrected chi connectivity index (χ0v) is 12.1. The maximum Gasteiger partial charge on any atom is 0.328 e. The molecule has 0 amide bonds. The van der Waals surface area contributed by atoms with Crippen LogP contribution in [0.1, 0.15) is 36.7 Å². The highest BCUT2D eigenvalue weighted by molar-refractivity contribution is 6.20. The minimum atomic E-state index is -0.513. The van der Waals surface area contributed by atoms with Crippen LogP contribution in [0.5, 0.6) is 0 Å². The van der Waals surface area contributed by atoms with Crippen LogP contribution in [0.25, 0.3) is 11.2 Å². The Kier molecular flexibility index (Phi) is 3.75. The van der Waals surface area contributed by atoms with Gasteiger partial charge >= 0.3 is 5.97 Å². The number of ether oxygens (including phenoxy) is 1. The molecule has 0 aliphatic carbocycles. The molecule has 19 heavy (non-hydrogen) atoms. The second kappa shape index (κ2) is 5.17. The van der Waals surface area contributed by atoms with E-state index in [2.05, 4.69) is 9.97 Å². The molecule has 0 bridgehead atoms. The van der Waals surface area contributed by atoms with Crippen LogP contribution in [-0.4, -0.2) is 27.6 Å². The molecular formula is C13H16ClN3O2. The fraction of sp³-hybridized carbons (Fsp3) is 0.462. The van der Waals surface area contributed by atoms with Crippen molar-refractivity contribution < 1.29 is 9.53 Å². The number of methoxy groups -OCH3 is 1. The largest absolute Gasteiger partial charge is 0.467 e. The number of alkyl halides is 1. The molecule has 2 aromatic heterocycles. The first-order chi connectivity index (χ1) is 8.95. The van der Waals surface area contributed by atoms with E-state index in [0.717, 1.165) is 11.1 Å². The third kappa shape index (κ3) is 2.42. The Hall–Kier alpha value is -1.62. The van der Waals surface area contributed by atoms with E-state index in [-0.39, 0.29) is 11.3 Å². The minimum Gasteiger partial charge on any atom is -0.467 e. The summed E-state index contributed by atoms with van der Waals surface area (Å²) in [7, 11) is 1.36. The number of halogens is 1. The highest BCUT2D eigenvalue weighted by atomic mass is 35.5. The number of aryl methyl sites for hydroxylation is 1. The van der Waals surface area contributed by atoms with Gasteiger partial charge in [0, 0.05) is 6.20 Å². The van der Waals surface area contributed by atoms with Crippen molar-refractivity contribution in [3.8, 4) is 0 Å². The van der Waals surface area contributed by atoms with E-state index in [4.69, 9.17) is 16.3 Å². The van der Waals surface area contributed by atoms with Crippen LogP contribution in [0.2, 0.25) is 0 Å². The van der Waals surface area contributed by atoms with Crippen LogP contribution in [0.3, 0.4) is 0 Å². The van der Waals surface area contributed by atoms with Crippen molar-refractivity contribution in [3.05, 3.63) is 23.7 Å². The maximum atomic E-state index is 11.8. The van der Waals surface area contributed by atoms with Gasteiger partial charge in [-0.05, 0) is 32.4 Å². The average molecular weight is 282 g/mol. The van der Waals surface area contributed by atoms with Crippen molar-refractivity contribution in [1.29, 1.82) is 0 Å². The van der Waals surface area contributed by atoms with Crippen molar-refractivity contribution in [1.82, 2.24) is 14.5 Å². The number of carbonyl (C=O) groups is 1. The summed E-state index contributed by atoms with van der Waals surface area (Å²) in [6.07, 6.45) is 1.74. The van der Waals surface area contributed by atoms with Crippen LogP contribution in [0, 0.1) is 6.92 Å². The van der Waals surface area contributed by atoms with Crippen LogP contribution in [0.4, 0.5) is 0 Å². The maximum absolute atomic E-state index is 11.8. The zero-order valence-electron chi connectivity index (χ0n) is 11.3. The van der Waals surface area contributed by atoms with Gasteiger partial charge in [0.25, 0.3) is 0 Å². The summed E-state index contributed by atoms with van der Waals surface area (Å²) in [6, 6.07) is 1.41. The number of esters is 1. The molecule has 5 nitrogen and oxygen atoms in total. The summed E-state index contributed by atoms with van der Waals surface area (Å²) in [5.41, 5.74) is 2.39. The van der Waals surface area contributed by atoms with Gasteiger partial charge in [-0.3, -0.25) is 4.57 Å². The Bertz CT molecular complexity index is 622. The molecule has 2 heterocycles. The summed E-state index contributed by atoms with van der Waals surface area (Å²) < 4.78 is 6.52. The van der Waals surface area contributed by atoms with E-state index in [1.165, 1.54) is 7.11 Å². The predicted octanol–water partition coefficient (Wildman–Crippen LogP) is 2.77. The van der Waals surface area contributed by atoms with Gasteiger partial charge in [-0.15, -0.1) is 11.6 Å². The lowest BCUT2D eigenvalue weighted by Crippen LogP contribution is -2.20. The molecule has 0 aromatic carbocycles. The molecule has 2 rings (SSSR count). The number of aromatic nitrogens is 3. The smallest absolute Gasteiger partial charge is 0.328 e. The Morgan fingerprint density at radius 2 is 2.16 bits per heavy atom. The van der Waals surface area contributed by atoms with Crippen molar-refractivity contribution in [3.63, 3.8) is 0 Å². The molecule has 102 valence electrons. The van der Waals surface area contributed by atoms with Gasteiger partial charge in [-0.2, -0.15) is 0 Å². The third-order valence-electron chi connectivity index (χ3n) is 2.98. The highest BCUT2D eigenvalue weighted by Gasteiger charge is 2.24. The number of fused-ring (bicyclic) bond motifs is 1. The highest BCUT2D eigenvalue weighted by Crippen LogP contribution is 2.27. The van der Waals surface area contributed by atoms with Crippen LogP contribution in [-0.2, 0) is 9.53 Å². The summed E-state index contributed by atoms with van der Waals surface area (Å²) in [6.45, 7) is 5.51. The van der Waals surface area contributed by atoms with E-state index in [1.807, 2.05) is 19.9 Å². The van der Waals surface area contributed by atoms with E-state index < -0.39 is 6.04 Å². The topological polar surface area (TPSA) is 57.0 Å². The Morgan fingerprint density at radius 1 is 1.47 bits per heavy atom. The van der Waals surface area contributed by atoms with Crippen molar-refractivity contribution in [2.24, 2.45) is 0 Å². The van der Waals surface area contributed by atoms with E-state index in [1.54, 1.807) is 17.7 Å². The molecular weight excluding hydrogens is 266 g/mol. The third-order valence-corrected chi connectivity index (χ3v) is 3.17. The molecule has 0 radical (unpaired) electrons. The number of imidazole rings is 1. The molecule has 6 heteroatoms. The van der Waals surface area contributed by atoms with Gasteiger partial charge < -0.3 is 4.74 Å². The molecule has 0 saturated heterocycles. The number of hydrogen-bond donors (Lipinski definition) is 0. The average Bonchev–Trinajstić information content (AvgIpc) is 2.75. The molecule has 0 aliphatic rings. The number of hydrogen-bond acceptors (Lipinski definition) is 4. The quantitative estimate of drug-likeness (QED) is 0.641. The van der Waals surface area contributed by atoms with E-state index in [0.29, 0.717) is 11.5 Å². The molecule has 2 unspecified atom stereocenters. The van der Waals surface area contributed by atoms with Gasteiger partial charge in [0.05, 0.1) is 12.5 Å². The van der Waals surface area contributed by atoms with Gasteiger partial charge in [0.15, 0.2) is 5.65 Å². The molecule has 0 spiro atoms. The Labute approximate surface area is 116 Å². The Balaban J connectivity index is 2.68. The normalized spacial score (nSPS) is 14.4. The fourth-order valence-electron chi connectivity index (χ4n) is 2.04. The lowest BCUT2D eigenvalue weighted by Gasteiger charge is -2.15. The van der Waals surface area contributed by atoms with Crippen LogP contribution >= 0.6 is 11.6 Å². The monoisotopic (exact) mass is 281 g/mol. The molecule has 0 saturated carbocycles. The minimum absolute atomic E-state index is 0.318. The van der Waals surface area contributed by atoms with Crippen LogP contribution < -0.4 is 0 Å². The number of carbonyl (C=O) groups excluding carboxylic acids is 1. The van der Waals surface area contributed by atoms with Crippen molar-refractivity contribution >= 4 is 28.7 Å². The van der Waals surface area contributed by atoms with Gasteiger partial charge in [-0.25, -0.2) is 14.8 Å². The molecule has 0 N–H and O–H groups in total. The molecule has 0 aliphatic heterocycles. The zero-order chi connectivity index (χ0) is 14.2. The number of rotatable bonds is 3. The number of pyridine rings is 1. The summed E-state index contributed by atoms with van der Waals surface area (Å²) >= 11 is 6.15. The SMILES string of the molecule is COC(=O)C(C)n1c(C(C)Cl)nc2cc(C)cnc21. The number of nitrogens with zero attached hydrogens (tertiary/aromatic N) is 3. The molecule has 2 aromatic rings. The first-order valence-electron chi connectivity index (χ1n) is 6.02. The summed E-state index contributed by atoms with van der Waals surface area (Å²) in [4.78, 5) is 20.6. The lowest BCUT2D eigenvalue weighted by atomic mass is 10.3. The van der Waals surface area contributed by atoms with Gasteiger partial charge in [0.1, 0.15) is 17.4 Å². The fourth-order valence-corrected chi connectivity index (χ4v) is 2.19. The molecule has 0 fully saturated rings. The van der Waals surface area contributed by atoms with E-state index in [9.17, 15) is 4.79 Å². The predicted molar refractivity (Wildman–Crippen MR) is 73.3 cm³/mol. The summed E-state index contributed by atoms with van der Waals surface area (Å²) in [5, 5.41) is -0.318. The van der Waals surface area contributed by atoms with Crippen molar-refractivity contribution in [2.45, 2.75) is 32.2 Å². The van der Waals surface area contributed by atoms with Crippen LogP contribution in [0.15, 0.2) is 12.3 Å². The molecule has 2 atom stereocenters. The Morgan fingerprint density at radius 3 is 2.74 bits per heavy atom. The lowest BCUT2D eigenvalue weighted by molar-refractivity contribution is -0.144. The summed E-state index contributed by atoms with van der Waals surface area (Å²) in [5.74, 6) is 0.271. The second-order valence-corrected chi connectivity index (χ2v) is 5.17.